The first kappa shape index (κ1) is 14.9. The van der Waals surface area contributed by atoms with Gasteiger partial charge in [0.25, 0.3) is 0 Å². The minimum absolute atomic E-state index is 0.0232. The van der Waals surface area contributed by atoms with Crippen LogP contribution in [0.3, 0.4) is 0 Å². The molecule has 0 aliphatic rings. The molecule has 1 heterocycles. The molecule has 110 valence electrons. The van der Waals surface area contributed by atoms with Gasteiger partial charge in [-0.25, -0.2) is 4.98 Å². The second-order valence-electron chi connectivity index (χ2n) is 5.39. The average molecular weight is 275 g/mol. The molecule has 2 atom stereocenters. The molecule has 0 spiro atoms. The van der Waals surface area contributed by atoms with Crippen LogP contribution in [0.4, 0.5) is 0 Å². The highest BCUT2D eigenvalue weighted by Crippen LogP contribution is 2.28. The van der Waals surface area contributed by atoms with E-state index in [0.29, 0.717) is 5.92 Å². The van der Waals surface area contributed by atoms with E-state index in [1.54, 1.807) is 7.11 Å². The summed E-state index contributed by atoms with van der Waals surface area (Å²) in [4.78, 5) is 4.77. The van der Waals surface area contributed by atoms with E-state index in [2.05, 4.69) is 31.4 Å². The molecule has 20 heavy (non-hydrogen) atoms. The third-order valence-electron chi connectivity index (χ3n) is 3.99. The summed E-state index contributed by atoms with van der Waals surface area (Å²) in [7, 11) is 1.68. The maximum Gasteiger partial charge on any atom is 0.127 e. The van der Waals surface area contributed by atoms with Gasteiger partial charge in [-0.2, -0.15) is 0 Å². The van der Waals surface area contributed by atoms with Gasteiger partial charge in [0.2, 0.25) is 0 Å². The second-order valence-corrected chi connectivity index (χ2v) is 5.39. The number of rotatable bonds is 6. The van der Waals surface area contributed by atoms with E-state index in [-0.39, 0.29) is 6.04 Å². The van der Waals surface area contributed by atoms with Crippen LogP contribution in [0.15, 0.2) is 18.2 Å². The molecule has 0 saturated carbocycles. The smallest absolute Gasteiger partial charge is 0.127 e. The molecule has 0 amide bonds. The number of aryl methyl sites for hydroxylation is 1. The fraction of sp³-hybridized carbons (Fsp3) is 0.562. The van der Waals surface area contributed by atoms with Crippen LogP contribution in [0, 0.1) is 5.92 Å². The molecule has 0 radical (unpaired) electrons. The lowest BCUT2D eigenvalue weighted by atomic mass is 9.99. The number of aromatic nitrogens is 2. The molecule has 4 heteroatoms. The van der Waals surface area contributed by atoms with E-state index in [1.165, 1.54) is 0 Å². The number of nitrogens with zero attached hydrogens (tertiary/aromatic N) is 2. The molecule has 0 aliphatic carbocycles. The zero-order chi connectivity index (χ0) is 14.7. The van der Waals surface area contributed by atoms with Gasteiger partial charge in [0, 0.05) is 12.6 Å². The monoisotopic (exact) mass is 275 g/mol. The van der Waals surface area contributed by atoms with Gasteiger partial charge in [0.1, 0.15) is 11.6 Å². The number of fused-ring (bicyclic) bond motifs is 1. The van der Waals surface area contributed by atoms with E-state index >= 15 is 0 Å². The van der Waals surface area contributed by atoms with Crippen molar-refractivity contribution in [3.8, 4) is 5.75 Å². The summed E-state index contributed by atoms with van der Waals surface area (Å²) in [6.07, 6.45) is 2.12. The van der Waals surface area contributed by atoms with Gasteiger partial charge in [-0.3, -0.25) is 0 Å². The average Bonchev–Trinajstić information content (AvgIpc) is 2.83. The molecular formula is C16H25N3O. The predicted octanol–water partition coefficient (Wildman–Crippen LogP) is 3.50. The maximum absolute atomic E-state index is 6.40. The van der Waals surface area contributed by atoms with Crippen LogP contribution in [0.1, 0.15) is 45.5 Å². The van der Waals surface area contributed by atoms with Crippen LogP contribution < -0.4 is 10.5 Å². The largest absolute Gasteiger partial charge is 0.497 e. The van der Waals surface area contributed by atoms with Crippen molar-refractivity contribution in [3.63, 3.8) is 0 Å². The summed E-state index contributed by atoms with van der Waals surface area (Å²) < 4.78 is 7.54. The third-order valence-corrected chi connectivity index (χ3v) is 3.99. The Morgan fingerprint density at radius 1 is 1.35 bits per heavy atom. The molecule has 2 unspecified atom stereocenters. The molecule has 0 fully saturated rings. The van der Waals surface area contributed by atoms with E-state index in [4.69, 9.17) is 15.5 Å². The van der Waals surface area contributed by atoms with Crippen molar-refractivity contribution in [3.05, 3.63) is 24.0 Å². The molecule has 0 aliphatic heterocycles. The van der Waals surface area contributed by atoms with E-state index in [0.717, 1.165) is 42.0 Å². The summed E-state index contributed by atoms with van der Waals surface area (Å²) in [6, 6.07) is 6.01. The van der Waals surface area contributed by atoms with Gasteiger partial charge in [-0.05, 0) is 24.5 Å². The minimum Gasteiger partial charge on any atom is -0.497 e. The van der Waals surface area contributed by atoms with Crippen molar-refractivity contribution in [1.29, 1.82) is 0 Å². The highest BCUT2D eigenvalue weighted by molar-refractivity contribution is 5.78. The Bertz CT molecular complexity index is 576. The van der Waals surface area contributed by atoms with Gasteiger partial charge >= 0.3 is 0 Å². The topological polar surface area (TPSA) is 53.1 Å². The second kappa shape index (κ2) is 6.27. The van der Waals surface area contributed by atoms with Gasteiger partial charge in [0.05, 0.1) is 24.2 Å². The molecule has 0 saturated heterocycles. The van der Waals surface area contributed by atoms with Crippen LogP contribution in [0.5, 0.6) is 5.75 Å². The van der Waals surface area contributed by atoms with Crippen molar-refractivity contribution >= 4 is 11.0 Å². The van der Waals surface area contributed by atoms with Crippen LogP contribution in [-0.2, 0) is 6.54 Å². The number of benzene rings is 1. The van der Waals surface area contributed by atoms with Gasteiger partial charge in [-0.1, -0.05) is 27.2 Å². The van der Waals surface area contributed by atoms with Crippen molar-refractivity contribution in [2.75, 3.05) is 7.11 Å². The normalized spacial score (nSPS) is 14.4. The fourth-order valence-corrected chi connectivity index (χ4v) is 2.48. The van der Waals surface area contributed by atoms with Crippen molar-refractivity contribution in [1.82, 2.24) is 9.55 Å². The van der Waals surface area contributed by atoms with Crippen LogP contribution in [0.2, 0.25) is 0 Å². The lowest BCUT2D eigenvalue weighted by molar-refractivity contribution is 0.415. The summed E-state index contributed by atoms with van der Waals surface area (Å²) >= 11 is 0. The zero-order valence-corrected chi connectivity index (χ0v) is 12.9. The Hall–Kier alpha value is -1.55. The van der Waals surface area contributed by atoms with Crippen LogP contribution >= 0.6 is 0 Å². The van der Waals surface area contributed by atoms with Gasteiger partial charge < -0.3 is 15.0 Å². The van der Waals surface area contributed by atoms with Crippen molar-refractivity contribution in [2.24, 2.45) is 11.7 Å². The Morgan fingerprint density at radius 3 is 2.70 bits per heavy atom. The summed E-state index contributed by atoms with van der Waals surface area (Å²) in [5, 5.41) is 0. The predicted molar refractivity (Wildman–Crippen MR) is 83.0 cm³/mol. The number of hydrogen-bond donors (Lipinski definition) is 1. The fourth-order valence-electron chi connectivity index (χ4n) is 2.48. The number of hydrogen-bond acceptors (Lipinski definition) is 3. The standard InChI is InChI=1S/C16H25N3O/c1-5-9-19-14-8-7-12(20-4)10-13(14)18-16(19)15(17)11(3)6-2/h7-8,10-11,15H,5-6,9,17H2,1-4H3. The summed E-state index contributed by atoms with van der Waals surface area (Å²) in [5.74, 6) is 2.25. The van der Waals surface area contributed by atoms with Crippen molar-refractivity contribution in [2.45, 2.75) is 46.2 Å². The first-order valence-electron chi connectivity index (χ1n) is 7.42. The molecule has 2 rings (SSSR count). The highest BCUT2D eigenvalue weighted by atomic mass is 16.5. The lowest BCUT2D eigenvalue weighted by Gasteiger charge is -2.19. The molecule has 2 N–H and O–H groups in total. The van der Waals surface area contributed by atoms with Crippen LogP contribution in [-0.4, -0.2) is 16.7 Å². The first-order chi connectivity index (χ1) is 9.62. The zero-order valence-electron chi connectivity index (χ0n) is 12.9. The molecule has 4 nitrogen and oxygen atoms in total. The quantitative estimate of drug-likeness (QED) is 0.877. The van der Waals surface area contributed by atoms with Crippen LogP contribution in [0.25, 0.3) is 11.0 Å². The summed E-state index contributed by atoms with van der Waals surface area (Å²) in [5.41, 5.74) is 8.50. The first-order valence-corrected chi connectivity index (χ1v) is 7.42. The molecule has 1 aromatic carbocycles. The lowest BCUT2D eigenvalue weighted by Crippen LogP contribution is -2.23. The van der Waals surface area contributed by atoms with E-state index in [9.17, 15) is 0 Å². The molecule has 0 bridgehead atoms. The number of nitrogens with two attached hydrogens (primary N) is 1. The Kier molecular flexibility index (Phi) is 4.65. The number of methoxy groups -OCH3 is 1. The van der Waals surface area contributed by atoms with Gasteiger partial charge in [-0.15, -0.1) is 0 Å². The molecular weight excluding hydrogens is 250 g/mol. The van der Waals surface area contributed by atoms with E-state index in [1.807, 2.05) is 12.1 Å². The highest BCUT2D eigenvalue weighted by Gasteiger charge is 2.21. The SMILES string of the molecule is CCCn1c(C(N)C(C)CC)nc2cc(OC)ccc21. The Balaban J connectivity index is 2.54. The minimum atomic E-state index is -0.0232. The van der Waals surface area contributed by atoms with Gasteiger partial charge in [0.15, 0.2) is 0 Å². The third kappa shape index (κ3) is 2.66. The molecule has 2 aromatic rings. The number of ether oxygens (including phenoxy) is 1. The Morgan fingerprint density at radius 2 is 2.10 bits per heavy atom. The Labute approximate surface area is 120 Å². The van der Waals surface area contributed by atoms with Crippen molar-refractivity contribution < 1.29 is 4.74 Å². The number of imidazole rings is 1. The van der Waals surface area contributed by atoms with E-state index < -0.39 is 0 Å². The summed E-state index contributed by atoms with van der Waals surface area (Å²) in [6.45, 7) is 7.47. The molecule has 1 aromatic heterocycles. The maximum atomic E-state index is 6.40.